The second kappa shape index (κ2) is 8.69. The summed E-state index contributed by atoms with van der Waals surface area (Å²) < 4.78 is 25.1. The number of methoxy groups -OCH3 is 1. The third kappa shape index (κ3) is 4.27. The monoisotopic (exact) mass is 393 g/mol. The van der Waals surface area contributed by atoms with Crippen molar-refractivity contribution in [2.24, 2.45) is 0 Å². The molecule has 0 spiro atoms. The second-order valence-corrected chi connectivity index (χ2v) is 7.00. The molecular formula is C20H21ClFNO2S. The van der Waals surface area contributed by atoms with Gasteiger partial charge in [0.2, 0.25) is 0 Å². The average Bonchev–Trinajstić information content (AvgIpc) is 2.67. The van der Waals surface area contributed by atoms with Gasteiger partial charge in [0.1, 0.15) is 17.4 Å². The molecule has 2 aromatic rings. The number of halogens is 2. The van der Waals surface area contributed by atoms with Crippen LogP contribution in [0.25, 0.3) is 0 Å². The average molecular weight is 394 g/mol. The van der Waals surface area contributed by atoms with Gasteiger partial charge in [-0.05, 0) is 49.6 Å². The fraction of sp³-hybridized carbons (Fsp3) is 0.350. The zero-order valence-corrected chi connectivity index (χ0v) is 16.2. The van der Waals surface area contributed by atoms with Gasteiger partial charge in [-0.2, -0.15) is 0 Å². The van der Waals surface area contributed by atoms with Gasteiger partial charge in [-0.15, -0.1) is 0 Å². The van der Waals surface area contributed by atoms with Gasteiger partial charge >= 0.3 is 0 Å². The lowest BCUT2D eigenvalue weighted by Crippen LogP contribution is -2.34. The number of thiocarbonyl (C=S) groups is 1. The van der Waals surface area contributed by atoms with Crippen molar-refractivity contribution in [2.45, 2.75) is 25.9 Å². The van der Waals surface area contributed by atoms with Crippen LogP contribution in [0.5, 0.6) is 11.5 Å². The highest BCUT2D eigenvalue weighted by atomic mass is 35.5. The molecule has 3 nitrogen and oxygen atoms in total. The second-order valence-electron chi connectivity index (χ2n) is 6.21. The van der Waals surface area contributed by atoms with E-state index in [0.717, 1.165) is 23.6 Å². The van der Waals surface area contributed by atoms with E-state index in [2.05, 4.69) is 4.90 Å². The summed E-state index contributed by atoms with van der Waals surface area (Å²) in [4.78, 5) is 3.06. The van der Waals surface area contributed by atoms with Crippen molar-refractivity contribution in [1.82, 2.24) is 4.90 Å². The summed E-state index contributed by atoms with van der Waals surface area (Å²) in [6, 6.07) is 10.2. The first-order valence-electron chi connectivity index (χ1n) is 8.63. The SMILES string of the molecule is COc1cc(C(=S)N2CCCCC2)ccc1OCc1c(F)cccc1Cl. The quantitative estimate of drug-likeness (QED) is 0.648. The maximum absolute atomic E-state index is 13.9. The number of hydrogen-bond donors (Lipinski definition) is 0. The normalized spacial score (nSPS) is 14.2. The highest BCUT2D eigenvalue weighted by Gasteiger charge is 2.17. The van der Waals surface area contributed by atoms with Gasteiger partial charge in [-0.3, -0.25) is 0 Å². The maximum atomic E-state index is 13.9. The van der Waals surface area contributed by atoms with Crippen molar-refractivity contribution in [1.29, 1.82) is 0 Å². The van der Waals surface area contributed by atoms with Crippen molar-refractivity contribution in [3.63, 3.8) is 0 Å². The number of hydrogen-bond acceptors (Lipinski definition) is 3. The van der Waals surface area contributed by atoms with Gasteiger partial charge in [0.15, 0.2) is 11.5 Å². The van der Waals surface area contributed by atoms with E-state index in [-0.39, 0.29) is 12.4 Å². The molecule has 0 radical (unpaired) electrons. The third-order valence-corrected chi connectivity index (χ3v) is 5.34. The van der Waals surface area contributed by atoms with Crippen LogP contribution in [0.4, 0.5) is 4.39 Å². The lowest BCUT2D eigenvalue weighted by molar-refractivity contribution is 0.279. The number of rotatable bonds is 5. The summed E-state index contributed by atoms with van der Waals surface area (Å²) in [5, 5.41) is 0.340. The first kappa shape index (κ1) is 18.9. The van der Waals surface area contributed by atoms with Gasteiger partial charge in [-0.1, -0.05) is 29.9 Å². The molecule has 2 aromatic carbocycles. The van der Waals surface area contributed by atoms with E-state index < -0.39 is 0 Å². The number of ether oxygens (including phenoxy) is 2. The zero-order valence-electron chi connectivity index (χ0n) is 14.6. The highest BCUT2D eigenvalue weighted by Crippen LogP contribution is 2.31. The van der Waals surface area contributed by atoms with Crippen LogP contribution in [0.3, 0.4) is 0 Å². The van der Waals surface area contributed by atoms with Crippen LogP contribution >= 0.6 is 23.8 Å². The predicted molar refractivity (Wildman–Crippen MR) is 106 cm³/mol. The molecule has 0 N–H and O–H groups in total. The highest BCUT2D eigenvalue weighted by molar-refractivity contribution is 7.80. The Hall–Kier alpha value is -1.85. The number of benzene rings is 2. The third-order valence-electron chi connectivity index (χ3n) is 4.49. The summed E-state index contributed by atoms with van der Waals surface area (Å²) in [5.41, 5.74) is 1.25. The minimum Gasteiger partial charge on any atom is -0.493 e. The maximum Gasteiger partial charge on any atom is 0.161 e. The molecule has 0 atom stereocenters. The topological polar surface area (TPSA) is 21.7 Å². The zero-order chi connectivity index (χ0) is 18.5. The Morgan fingerprint density at radius 3 is 2.62 bits per heavy atom. The molecular weight excluding hydrogens is 373 g/mol. The largest absolute Gasteiger partial charge is 0.493 e. The van der Waals surface area contributed by atoms with Crippen LogP contribution in [0.1, 0.15) is 30.4 Å². The van der Waals surface area contributed by atoms with E-state index >= 15 is 0 Å². The van der Waals surface area contributed by atoms with E-state index in [1.54, 1.807) is 25.3 Å². The first-order chi connectivity index (χ1) is 12.6. The molecule has 0 aromatic heterocycles. The fourth-order valence-corrected chi connectivity index (χ4v) is 3.55. The lowest BCUT2D eigenvalue weighted by Gasteiger charge is -2.29. The molecule has 0 unspecified atom stereocenters. The number of likely N-dealkylation sites (tertiary alicyclic amines) is 1. The number of piperidine rings is 1. The lowest BCUT2D eigenvalue weighted by atomic mass is 10.1. The Labute approximate surface area is 163 Å². The fourth-order valence-electron chi connectivity index (χ4n) is 3.02. The van der Waals surface area contributed by atoms with Crippen molar-refractivity contribution in [3.05, 3.63) is 58.4 Å². The standard InChI is InChI=1S/C20H21ClFNO2S/c1-24-19-12-14(20(26)23-10-3-2-4-11-23)8-9-18(19)25-13-15-16(21)6-5-7-17(15)22/h5-9,12H,2-4,10-11,13H2,1H3. The number of nitrogens with zero attached hydrogens (tertiary/aromatic N) is 1. The smallest absolute Gasteiger partial charge is 0.161 e. The Morgan fingerprint density at radius 1 is 1.15 bits per heavy atom. The molecule has 0 amide bonds. The molecule has 1 fully saturated rings. The first-order valence-corrected chi connectivity index (χ1v) is 9.42. The van der Waals surface area contributed by atoms with Gasteiger partial charge in [0.25, 0.3) is 0 Å². The molecule has 0 saturated carbocycles. The molecule has 1 heterocycles. The molecule has 3 rings (SSSR count). The minimum absolute atomic E-state index is 0.0256. The molecule has 1 aliphatic heterocycles. The van der Waals surface area contributed by atoms with Gasteiger partial charge < -0.3 is 14.4 Å². The summed E-state index contributed by atoms with van der Waals surface area (Å²) in [6.45, 7) is 2.01. The van der Waals surface area contributed by atoms with E-state index in [1.165, 1.54) is 25.3 Å². The minimum atomic E-state index is -0.389. The summed E-state index contributed by atoms with van der Waals surface area (Å²) in [5.74, 6) is 0.700. The van der Waals surface area contributed by atoms with Gasteiger partial charge in [0.05, 0.1) is 12.1 Å². The van der Waals surface area contributed by atoms with Gasteiger partial charge in [-0.25, -0.2) is 4.39 Å². The van der Waals surface area contributed by atoms with E-state index in [1.807, 2.05) is 12.1 Å². The summed E-state index contributed by atoms with van der Waals surface area (Å²) >= 11 is 11.7. The van der Waals surface area contributed by atoms with E-state index in [9.17, 15) is 4.39 Å². The van der Waals surface area contributed by atoms with Gasteiger partial charge in [0, 0.05) is 24.2 Å². The van der Waals surface area contributed by atoms with Crippen molar-refractivity contribution in [3.8, 4) is 11.5 Å². The van der Waals surface area contributed by atoms with Crippen molar-refractivity contribution >= 4 is 28.8 Å². The molecule has 1 saturated heterocycles. The Morgan fingerprint density at radius 2 is 1.92 bits per heavy atom. The van der Waals surface area contributed by atoms with Crippen LogP contribution in [0.2, 0.25) is 5.02 Å². The van der Waals surface area contributed by atoms with Crippen molar-refractivity contribution < 1.29 is 13.9 Å². The molecule has 138 valence electrons. The molecule has 0 bridgehead atoms. The summed E-state index contributed by atoms with van der Waals surface area (Å²) in [7, 11) is 1.58. The van der Waals surface area contributed by atoms with Crippen LogP contribution in [-0.4, -0.2) is 30.1 Å². The van der Waals surface area contributed by atoms with Crippen molar-refractivity contribution in [2.75, 3.05) is 20.2 Å². The molecule has 1 aliphatic rings. The van der Waals surface area contributed by atoms with Crippen LogP contribution in [0, 0.1) is 5.82 Å². The summed E-state index contributed by atoms with van der Waals surface area (Å²) in [6.07, 6.45) is 3.59. The van der Waals surface area contributed by atoms with Crippen LogP contribution in [-0.2, 0) is 6.61 Å². The Bertz CT molecular complexity index is 773. The molecule has 26 heavy (non-hydrogen) atoms. The molecule has 6 heteroatoms. The van der Waals surface area contributed by atoms with Crippen LogP contribution < -0.4 is 9.47 Å². The van der Waals surface area contributed by atoms with E-state index in [4.69, 9.17) is 33.3 Å². The van der Waals surface area contributed by atoms with E-state index in [0.29, 0.717) is 22.1 Å². The Balaban J connectivity index is 1.75. The van der Waals surface area contributed by atoms with Crippen LogP contribution in [0.15, 0.2) is 36.4 Å². The predicted octanol–water partition coefficient (Wildman–Crippen LogP) is 5.23. The molecule has 0 aliphatic carbocycles. The Kier molecular flexibility index (Phi) is 6.33.